The van der Waals surface area contributed by atoms with Crippen molar-refractivity contribution in [2.24, 2.45) is 4.99 Å². The van der Waals surface area contributed by atoms with E-state index in [1.807, 2.05) is 13.8 Å². The number of carbonyl (C=O) groups excluding carboxylic acids is 1. The SMILES string of the molecule is CC.CCC.O=C1NCCOc2ccc(F)cc2CN=C2C=CN3NCC1=C3N2. The van der Waals surface area contributed by atoms with Gasteiger partial charge in [0.25, 0.3) is 5.91 Å². The number of hydrogen-bond donors (Lipinski definition) is 3. The summed E-state index contributed by atoms with van der Waals surface area (Å²) < 4.78 is 19.2. The zero-order valence-electron chi connectivity index (χ0n) is 17.5. The van der Waals surface area contributed by atoms with Crippen LogP contribution >= 0.6 is 0 Å². The van der Waals surface area contributed by atoms with Crippen LogP contribution in [0.3, 0.4) is 0 Å². The fourth-order valence-electron chi connectivity index (χ4n) is 2.74. The highest BCUT2D eigenvalue weighted by atomic mass is 19.1. The van der Waals surface area contributed by atoms with E-state index in [1.165, 1.54) is 18.6 Å². The number of aliphatic imine (C=N–C) groups is 1. The summed E-state index contributed by atoms with van der Waals surface area (Å²) in [5.74, 6) is 1.33. The number of carbonyl (C=O) groups is 1. The second-order valence-electron chi connectivity index (χ2n) is 6.24. The lowest BCUT2D eigenvalue weighted by Gasteiger charge is -2.23. The Balaban J connectivity index is 0.000000551. The summed E-state index contributed by atoms with van der Waals surface area (Å²) in [6, 6.07) is 4.35. The van der Waals surface area contributed by atoms with Crippen LogP contribution in [-0.4, -0.2) is 36.4 Å². The van der Waals surface area contributed by atoms with Gasteiger partial charge in [0.15, 0.2) is 0 Å². The monoisotopic (exact) mass is 403 g/mol. The van der Waals surface area contributed by atoms with Gasteiger partial charge in [0, 0.05) is 18.3 Å². The number of ether oxygens (including phenoxy) is 1. The fraction of sp³-hybridized carbons (Fsp3) is 0.429. The number of amidine groups is 1. The molecule has 1 aromatic rings. The van der Waals surface area contributed by atoms with Crippen molar-refractivity contribution in [3.8, 4) is 5.75 Å². The van der Waals surface area contributed by atoms with Crippen LogP contribution in [0, 0.1) is 5.82 Å². The van der Waals surface area contributed by atoms with Gasteiger partial charge in [-0.25, -0.2) is 9.82 Å². The van der Waals surface area contributed by atoms with Crippen molar-refractivity contribution in [1.82, 2.24) is 21.1 Å². The summed E-state index contributed by atoms with van der Waals surface area (Å²) in [6.45, 7) is 9.61. The Morgan fingerprint density at radius 1 is 1.28 bits per heavy atom. The fourth-order valence-corrected chi connectivity index (χ4v) is 2.74. The number of nitrogens with zero attached hydrogens (tertiary/aromatic N) is 2. The van der Waals surface area contributed by atoms with E-state index in [9.17, 15) is 9.18 Å². The highest BCUT2D eigenvalue weighted by Crippen LogP contribution is 2.22. The summed E-state index contributed by atoms with van der Waals surface area (Å²) in [7, 11) is 0. The molecule has 0 spiro atoms. The number of hydrazine groups is 1. The van der Waals surface area contributed by atoms with Gasteiger partial charge in [-0.05, 0) is 24.3 Å². The first kappa shape index (κ1) is 22.4. The van der Waals surface area contributed by atoms with Gasteiger partial charge in [0.2, 0.25) is 0 Å². The molecule has 0 atom stereocenters. The molecule has 0 fully saturated rings. The quantitative estimate of drug-likeness (QED) is 0.621. The van der Waals surface area contributed by atoms with E-state index < -0.39 is 0 Å². The molecular weight excluding hydrogens is 373 g/mol. The van der Waals surface area contributed by atoms with Crippen molar-refractivity contribution in [2.75, 3.05) is 19.7 Å². The van der Waals surface area contributed by atoms with E-state index in [2.05, 4.69) is 34.9 Å². The lowest BCUT2D eigenvalue weighted by atomic mass is 10.2. The summed E-state index contributed by atoms with van der Waals surface area (Å²) in [5.41, 5.74) is 4.36. The molecule has 4 rings (SSSR count). The molecule has 3 aliphatic rings. The van der Waals surface area contributed by atoms with E-state index in [1.54, 1.807) is 23.4 Å². The van der Waals surface area contributed by atoms with Crippen molar-refractivity contribution in [3.63, 3.8) is 0 Å². The lowest BCUT2D eigenvalue weighted by Crippen LogP contribution is -2.39. The van der Waals surface area contributed by atoms with Gasteiger partial charge in [0.1, 0.15) is 29.8 Å². The predicted molar refractivity (Wildman–Crippen MR) is 113 cm³/mol. The van der Waals surface area contributed by atoms with Gasteiger partial charge in [-0.3, -0.25) is 14.8 Å². The Hall–Kier alpha value is -2.87. The summed E-state index contributed by atoms with van der Waals surface area (Å²) in [4.78, 5) is 16.8. The minimum Gasteiger partial charge on any atom is -0.491 e. The summed E-state index contributed by atoms with van der Waals surface area (Å²) in [5, 5.41) is 7.72. The van der Waals surface area contributed by atoms with Gasteiger partial charge in [-0.1, -0.05) is 34.1 Å². The molecule has 1 amide bonds. The van der Waals surface area contributed by atoms with Crippen LogP contribution in [0.15, 0.2) is 46.9 Å². The Labute approximate surface area is 171 Å². The van der Waals surface area contributed by atoms with Crippen molar-refractivity contribution in [2.45, 2.75) is 40.7 Å². The molecule has 0 aliphatic carbocycles. The Morgan fingerprint density at radius 2 is 2.03 bits per heavy atom. The van der Waals surface area contributed by atoms with Crippen molar-refractivity contribution in [3.05, 3.63) is 53.2 Å². The molecule has 8 heteroatoms. The Morgan fingerprint density at radius 3 is 2.79 bits per heavy atom. The van der Waals surface area contributed by atoms with Gasteiger partial charge >= 0.3 is 0 Å². The molecular formula is C21H30FN5O2. The molecule has 0 unspecified atom stereocenters. The van der Waals surface area contributed by atoms with Gasteiger partial charge in [-0.15, -0.1) is 0 Å². The number of halogens is 1. The minimum atomic E-state index is -0.335. The van der Waals surface area contributed by atoms with Crippen molar-refractivity contribution < 1.29 is 13.9 Å². The third-order valence-corrected chi connectivity index (χ3v) is 3.94. The number of hydrogen-bond acceptors (Lipinski definition) is 6. The van der Waals surface area contributed by atoms with E-state index >= 15 is 0 Å². The number of rotatable bonds is 0. The molecule has 3 heterocycles. The molecule has 1 aromatic carbocycles. The van der Waals surface area contributed by atoms with Crippen LogP contribution in [0.25, 0.3) is 0 Å². The maximum atomic E-state index is 13.5. The van der Waals surface area contributed by atoms with Crippen molar-refractivity contribution >= 4 is 11.7 Å². The zero-order chi connectivity index (χ0) is 21.2. The second kappa shape index (κ2) is 11.2. The number of fused-ring (bicyclic) bond motifs is 2. The normalized spacial score (nSPS) is 17.3. The first-order valence-electron chi connectivity index (χ1n) is 10.1. The molecule has 0 aromatic heterocycles. The lowest BCUT2D eigenvalue weighted by molar-refractivity contribution is -0.117. The molecule has 7 nitrogen and oxygen atoms in total. The highest BCUT2D eigenvalue weighted by molar-refractivity contribution is 5.99. The molecule has 0 saturated carbocycles. The first-order chi connectivity index (χ1) is 14.1. The maximum absolute atomic E-state index is 13.5. The molecule has 29 heavy (non-hydrogen) atoms. The Kier molecular flexibility index (Phi) is 8.67. The summed E-state index contributed by atoms with van der Waals surface area (Å²) in [6.07, 6.45) is 4.84. The molecule has 158 valence electrons. The third kappa shape index (κ3) is 5.80. The molecule has 3 N–H and O–H groups in total. The van der Waals surface area contributed by atoms with Crippen LogP contribution in [0.2, 0.25) is 0 Å². The number of benzene rings is 1. The number of amides is 1. The number of nitrogens with one attached hydrogen (secondary N) is 3. The zero-order valence-corrected chi connectivity index (χ0v) is 17.5. The first-order valence-corrected chi connectivity index (χ1v) is 10.1. The largest absolute Gasteiger partial charge is 0.491 e. The maximum Gasteiger partial charge on any atom is 0.252 e. The average Bonchev–Trinajstić information content (AvgIpc) is 3.15. The highest BCUT2D eigenvalue weighted by Gasteiger charge is 2.28. The minimum absolute atomic E-state index is 0.163. The average molecular weight is 404 g/mol. The van der Waals surface area contributed by atoms with Gasteiger partial charge < -0.3 is 15.4 Å². The van der Waals surface area contributed by atoms with Crippen LogP contribution < -0.4 is 20.8 Å². The van der Waals surface area contributed by atoms with E-state index in [4.69, 9.17) is 4.74 Å². The second-order valence-corrected chi connectivity index (χ2v) is 6.24. The standard InChI is InChI=1S/C16H16FN5O2.C3H8.C2H6/c17-11-1-2-13-10(7-11)8-19-14-3-5-22-15(21-14)12(9-20-22)16(23)18-4-6-24-13;1-3-2;1-2/h1-3,5,7,20H,4,6,8-9H2,(H,18,23)(H,19,21);3H2,1-2H3;1-2H3. The van der Waals surface area contributed by atoms with Gasteiger partial charge in [-0.2, -0.15) is 0 Å². The van der Waals surface area contributed by atoms with Crippen LogP contribution in [-0.2, 0) is 11.3 Å². The predicted octanol–water partition coefficient (Wildman–Crippen LogP) is 2.82. The smallest absolute Gasteiger partial charge is 0.252 e. The molecule has 3 aliphatic heterocycles. The molecule has 0 radical (unpaired) electrons. The molecule has 2 bridgehead atoms. The van der Waals surface area contributed by atoms with E-state index in [0.29, 0.717) is 48.2 Å². The van der Waals surface area contributed by atoms with E-state index in [0.717, 1.165) is 0 Å². The van der Waals surface area contributed by atoms with E-state index in [-0.39, 0.29) is 18.3 Å². The van der Waals surface area contributed by atoms with Gasteiger partial charge in [0.05, 0.1) is 18.7 Å². The Bertz CT molecular complexity index is 804. The summed E-state index contributed by atoms with van der Waals surface area (Å²) >= 11 is 0. The van der Waals surface area contributed by atoms with Crippen LogP contribution in [0.1, 0.15) is 39.7 Å². The third-order valence-electron chi connectivity index (χ3n) is 3.94. The van der Waals surface area contributed by atoms with Crippen LogP contribution in [0.4, 0.5) is 4.39 Å². The van der Waals surface area contributed by atoms with Crippen LogP contribution in [0.5, 0.6) is 5.75 Å². The topological polar surface area (TPSA) is 78.0 Å². The molecule has 0 saturated heterocycles. The van der Waals surface area contributed by atoms with Crippen molar-refractivity contribution in [1.29, 1.82) is 0 Å².